The van der Waals surface area contributed by atoms with Crippen molar-refractivity contribution in [3.05, 3.63) is 52.7 Å². The van der Waals surface area contributed by atoms with Crippen molar-refractivity contribution in [1.82, 2.24) is 0 Å². The van der Waals surface area contributed by atoms with Crippen LogP contribution < -0.4 is 0 Å². The van der Waals surface area contributed by atoms with Crippen LogP contribution in [0.2, 0.25) is 0 Å². The van der Waals surface area contributed by atoms with Gasteiger partial charge in [0.2, 0.25) is 0 Å². The first kappa shape index (κ1) is 33.3. The van der Waals surface area contributed by atoms with Crippen LogP contribution in [0.3, 0.4) is 0 Å². The first-order chi connectivity index (χ1) is 18.9. The second-order valence-corrected chi connectivity index (χ2v) is 17.3. The number of benzene rings is 1. The summed E-state index contributed by atoms with van der Waals surface area (Å²) >= 11 is 6.87. The Morgan fingerprint density at radius 3 is 2.55 bits per heavy atom. The summed E-state index contributed by atoms with van der Waals surface area (Å²) < 4.78 is 9.30. The number of hydrogen-bond acceptors (Lipinski definition) is 2. The van der Waals surface area contributed by atoms with E-state index in [2.05, 4.69) is 127 Å². The standard InChI is InChI=1S/C35H49I3O2/c1-21(2)22(3)9-10-24(5)30-15-16-31-25(8-7-17-35(30,31)6)12-13-26-18-28(14-11-23(26)4)40-34(39)29-19-27(36)20-32(37)33(29)38/h9-10,19-22,24-26,28,30-31H,4,7-8,11-18H2,1-3,5-6H3/b10-9+. The fourth-order valence-electron chi connectivity index (χ4n) is 8.22. The number of carbonyl (C=O) groups is 1. The zero-order chi connectivity index (χ0) is 29.2. The largest absolute Gasteiger partial charge is 0.459 e. The van der Waals surface area contributed by atoms with Gasteiger partial charge in [-0.15, -0.1) is 0 Å². The van der Waals surface area contributed by atoms with Gasteiger partial charge in [0.1, 0.15) is 6.10 Å². The molecule has 3 aliphatic rings. The topological polar surface area (TPSA) is 26.3 Å². The molecule has 4 rings (SSSR count). The van der Waals surface area contributed by atoms with Crippen LogP contribution in [0.4, 0.5) is 0 Å². The minimum Gasteiger partial charge on any atom is -0.459 e. The van der Waals surface area contributed by atoms with Crippen LogP contribution in [-0.4, -0.2) is 12.1 Å². The molecule has 8 unspecified atom stereocenters. The van der Waals surface area contributed by atoms with Gasteiger partial charge in [0.15, 0.2) is 0 Å². The quantitative estimate of drug-likeness (QED) is 0.107. The first-order valence-electron chi connectivity index (χ1n) is 15.6. The van der Waals surface area contributed by atoms with Gasteiger partial charge in [-0.25, -0.2) is 4.79 Å². The Morgan fingerprint density at radius 1 is 1.07 bits per heavy atom. The number of ether oxygens (including phenoxy) is 1. The third kappa shape index (κ3) is 7.71. The van der Waals surface area contributed by atoms with Crippen molar-refractivity contribution in [3.63, 3.8) is 0 Å². The molecule has 1 aromatic carbocycles. The van der Waals surface area contributed by atoms with Crippen LogP contribution in [0, 0.1) is 57.6 Å². The SMILES string of the molecule is C=C1CCC(OC(=O)c2cc(I)cc(I)c2I)CC1CCC1CCCC2(C)C(C(C)/C=C/C(C)C(C)C)CCC12. The van der Waals surface area contributed by atoms with Gasteiger partial charge in [-0.05, 0) is 178 Å². The van der Waals surface area contributed by atoms with Gasteiger partial charge in [-0.2, -0.15) is 0 Å². The second-order valence-electron chi connectivity index (χ2n) is 13.8. The maximum Gasteiger partial charge on any atom is 0.339 e. The highest BCUT2D eigenvalue weighted by Crippen LogP contribution is 2.60. The van der Waals surface area contributed by atoms with Crippen LogP contribution in [0.25, 0.3) is 0 Å². The van der Waals surface area contributed by atoms with Crippen molar-refractivity contribution in [2.45, 2.75) is 105 Å². The zero-order valence-electron chi connectivity index (χ0n) is 25.2. The lowest BCUT2D eigenvalue weighted by Crippen LogP contribution is -2.39. The van der Waals surface area contributed by atoms with Gasteiger partial charge in [-0.1, -0.05) is 71.8 Å². The summed E-state index contributed by atoms with van der Waals surface area (Å²) in [5, 5.41) is 0. The Kier molecular flexibility index (Phi) is 12.0. The average Bonchev–Trinajstić information content (AvgIpc) is 3.26. The molecule has 0 heterocycles. The predicted octanol–water partition coefficient (Wildman–Crippen LogP) is 11.5. The second kappa shape index (κ2) is 14.4. The molecule has 5 heteroatoms. The third-order valence-corrected chi connectivity index (χ3v) is 14.7. The Bertz CT molecular complexity index is 1090. The molecule has 0 spiro atoms. The Hall–Kier alpha value is 0.360. The Balaban J connectivity index is 1.35. The summed E-state index contributed by atoms with van der Waals surface area (Å²) in [5.74, 6) is 4.86. The molecule has 3 fully saturated rings. The minimum absolute atomic E-state index is 0.00248. The van der Waals surface area contributed by atoms with Gasteiger partial charge in [-0.3, -0.25) is 0 Å². The Labute approximate surface area is 285 Å². The summed E-state index contributed by atoms with van der Waals surface area (Å²) in [7, 11) is 0. The molecule has 0 amide bonds. The van der Waals surface area contributed by atoms with E-state index in [0.717, 1.165) is 47.7 Å². The molecular formula is C35H49I3O2. The van der Waals surface area contributed by atoms with E-state index in [9.17, 15) is 4.79 Å². The van der Waals surface area contributed by atoms with Crippen molar-refractivity contribution in [1.29, 1.82) is 0 Å². The normalized spacial score (nSPS) is 32.3. The summed E-state index contributed by atoms with van der Waals surface area (Å²) in [6.45, 7) is 16.6. The van der Waals surface area contributed by atoms with Gasteiger partial charge in [0.25, 0.3) is 0 Å². The van der Waals surface area contributed by atoms with E-state index >= 15 is 0 Å². The van der Waals surface area contributed by atoms with Gasteiger partial charge < -0.3 is 4.74 Å². The van der Waals surface area contributed by atoms with Crippen molar-refractivity contribution < 1.29 is 9.53 Å². The summed E-state index contributed by atoms with van der Waals surface area (Å²) in [6, 6.07) is 4.07. The van der Waals surface area contributed by atoms with Crippen LogP contribution in [0.15, 0.2) is 36.4 Å². The highest BCUT2D eigenvalue weighted by atomic mass is 127. The number of fused-ring (bicyclic) bond motifs is 1. The molecule has 0 radical (unpaired) electrons. The molecule has 0 saturated heterocycles. The Morgan fingerprint density at radius 2 is 1.82 bits per heavy atom. The van der Waals surface area contributed by atoms with Crippen LogP contribution >= 0.6 is 67.8 Å². The lowest BCUT2D eigenvalue weighted by Gasteiger charge is -2.47. The number of carbonyl (C=O) groups excluding carboxylic acids is 1. The molecule has 2 nitrogen and oxygen atoms in total. The van der Waals surface area contributed by atoms with Crippen molar-refractivity contribution in [2.24, 2.45) is 46.8 Å². The number of hydrogen-bond donors (Lipinski definition) is 0. The van der Waals surface area contributed by atoms with E-state index in [1.807, 2.05) is 6.07 Å². The smallest absolute Gasteiger partial charge is 0.339 e. The highest BCUT2D eigenvalue weighted by molar-refractivity contribution is 14.1. The van der Waals surface area contributed by atoms with Crippen molar-refractivity contribution >= 4 is 73.7 Å². The molecular weight excluding hydrogens is 833 g/mol. The van der Waals surface area contributed by atoms with Crippen LogP contribution in [0.5, 0.6) is 0 Å². The lowest BCUT2D eigenvalue weighted by atomic mass is 9.58. The monoisotopic (exact) mass is 882 g/mol. The van der Waals surface area contributed by atoms with Gasteiger partial charge in [0, 0.05) is 10.7 Å². The van der Waals surface area contributed by atoms with Crippen molar-refractivity contribution in [2.75, 3.05) is 0 Å². The first-order valence-corrected chi connectivity index (χ1v) is 18.9. The molecule has 3 saturated carbocycles. The lowest BCUT2D eigenvalue weighted by molar-refractivity contribution is 0.0153. The number of halogens is 3. The molecule has 222 valence electrons. The molecule has 0 aromatic heterocycles. The molecule has 0 aliphatic heterocycles. The average molecular weight is 882 g/mol. The van der Waals surface area contributed by atoms with Crippen LogP contribution in [-0.2, 0) is 4.74 Å². The maximum absolute atomic E-state index is 13.1. The molecule has 1 aromatic rings. The molecule has 40 heavy (non-hydrogen) atoms. The predicted molar refractivity (Wildman–Crippen MR) is 193 cm³/mol. The van der Waals surface area contributed by atoms with E-state index in [1.165, 1.54) is 50.5 Å². The van der Waals surface area contributed by atoms with E-state index in [0.29, 0.717) is 34.7 Å². The van der Waals surface area contributed by atoms with Crippen molar-refractivity contribution in [3.8, 4) is 0 Å². The van der Waals surface area contributed by atoms with Gasteiger partial charge >= 0.3 is 5.97 Å². The fraction of sp³-hybridized carbons (Fsp3) is 0.686. The maximum atomic E-state index is 13.1. The van der Waals surface area contributed by atoms with E-state index in [-0.39, 0.29) is 12.1 Å². The van der Waals surface area contributed by atoms with Crippen LogP contribution in [0.1, 0.15) is 109 Å². The number of esters is 1. The molecule has 8 atom stereocenters. The minimum atomic E-state index is -0.164. The number of rotatable bonds is 9. The zero-order valence-corrected chi connectivity index (χ0v) is 31.6. The van der Waals surface area contributed by atoms with E-state index in [4.69, 9.17) is 4.74 Å². The molecule has 0 N–H and O–H groups in total. The summed E-state index contributed by atoms with van der Waals surface area (Å²) in [6.07, 6.45) is 17.4. The summed E-state index contributed by atoms with van der Waals surface area (Å²) in [4.78, 5) is 13.1. The van der Waals surface area contributed by atoms with E-state index < -0.39 is 0 Å². The van der Waals surface area contributed by atoms with E-state index in [1.54, 1.807) is 0 Å². The fourth-order valence-corrected chi connectivity index (χ4v) is 10.6. The summed E-state index contributed by atoms with van der Waals surface area (Å²) in [5.41, 5.74) is 2.57. The van der Waals surface area contributed by atoms with Gasteiger partial charge in [0.05, 0.1) is 5.56 Å². The molecule has 0 bridgehead atoms. The highest BCUT2D eigenvalue weighted by Gasteiger charge is 2.52. The number of allylic oxidation sites excluding steroid dienone is 3. The third-order valence-electron chi connectivity index (χ3n) is 11.0. The molecule has 3 aliphatic carbocycles.